The molecule has 0 spiro atoms. The van der Waals surface area contributed by atoms with Gasteiger partial charge in [-0.3, -0.25) is 19.8 Å². The molecule has 1 aliphatic rings. The number of carboxylic acid groups (broad SMARTS) is 1. The van der Waals surface area contributed by atoms with E-state index in [4.69, 9.17) is 12.2 Å². The van der Waals surface area contributed by atoms with Gasteiger partial charge in [0.05, 0.1) is 11.3 Å². The standard InChI is InChI=1S/C23H17N3O4S/c1-14-5-2-8-18(11-14)26-21(28)19(20(27)24-23(26)31)13-17-9-4-10-25(17)16-7-3-6-15(12-16)22(29)30/h2-13H,1H3,(H,29,30)(H,24,27,31)/b19-13-. The van der Waals surface area contributed by atoms with Crippen molar-refractivity contribution >= 4 is 46.9 Å². The van der Waals surface area contributed by atoms with Crippen LogP contribution in [0.1, 0.15) is 21.6 Å². The number of aryl methyl sites for hydroxylation is 1. The van der Waals surface area contributed by atoms with Gasteiger partial charge in [-0.15, -0.1) is 0 Å². The number of nitrogens with one attached hydrogen (secondary N) is 1. The fourth-order valence-electron chi connectivity index (χ4n) is 3.34. The van der Waals surface area contributed by atoms with Gasteiger partial charge >= 0.3 is 5.97 Å². The van der Waals surface area contributed by atoms with E-state index >= 15 is 0 Å². The summed E-state index contributed by atoms with van der Waals surface area (Å²) in [7, 11) is 0. The summed E-state index contributed by atoms with van der Waals surface area (Å²) in [6, 6.07) is 17.1. The van der Waals surface area contributed by atoms with E-state index in [1.54, 1.807) is 53.2 Å². The molecule has 2 aromatic carbocycles. The molecule has 0 radical (unpaired) electrons. The van der Waals surface area contributed by atoms with Crippen LogP contribution in [0.4, 0.5) is 5.69 Å². The summed E-state index contributed by atoms with van der Waals surface area (Å²) in [6.07, 6.45) is 3.19. The molecule has 7 nitrogen and oxygen atoms in total. The van der Waals surface area contributed by atoms with Gasteiger partial charge in [0.2, 0.25) is 0 Å². The smallest absolute Gasteiger partial charge is 0.335 e. The lowest BCUT2D eigenvalue weighted by atomic mass is 10.1. The topological polar surface area (TPSA) is 91.6 Å². The number of thiocarbonyl (C=S) groups is 1. The van der Waals surface area contributed by atoms with Crippen LogP contribution in [0.15, 0.2) is 72.4 Å². The van der Waals surface area contributed by atoms with Crippen molar-refractivity contribution in [2.75, 3.05) is 4.90 Å². The first-order valence-electron chi connectivity index (χ1n) is 9.34. The van der Waals surface area contributed by atoms with Gasteiger partial charge in [-0.25, -0.2) is 4.79 Å². The minimum Gasteiger partial charge on any atom is -0.478 e. The third kappa shape index (κ3) is 3.88. The van der Waals surface area contributed by atoms with Crippen LogP contribution in [0.25, 0.3) is 11.8 Å². The van der Waals surface area contributed by atoms with Crippen molar-refractivity contribution in [3.8, 4) is 5.69 Å². The number of carbonyl (C=O) groups excluding carboxylic acids is 2. The van der Waals surface area contributed by atoms with Gasteiger partial charge in [0.25, 0.3) is 11.8 Å². The zero-order valence-electron chi connectivity index (χ0n) is 16.4. The fourth-order valence-corrected chi connectivity index (χ4v) is 3.62. The number of amides is 2. The number of carbonyl (C=O) groups is 3. The molecular weight excluding hydrogens is 414 g/mol. The Kier molecular flexibility index (Phi) is 5.22. The van der Waals surface area contributed by atoms with E-state index in [0.717, 1.165) is 5.56 Å². The Hall–Kier alpha value is -4.04. The van der Waals surface area contributed by atoms with E-state index < -0.39 is 17.8 Å². The zero-order chi connectivity index (χ0) is 22.1. The lowest BCUT2D eigenvalue weighted by molar-refractivity contribution is -0.122. The van der Waals surface area contributed by atoms with Crippen LogP contribution in [-0.4, -0.2) is 32.6 Å². The van der Waals surface area contributed by atoms with Crippen LogP contribution >= 0.6 is 12.2 Å². The van der Waals surface area contributed by atoms with Crippen molar-refractivity contribution in [2.24, 2.45) is 0 Å². The van der Waals surface area contributed by atoms with Gasteiger partial charge in [-0.05, 0) is 73.2 Å². The number of rotatable bonds is 4. The maximum Gasteiger partial charge on any atom is 0.335 e. The summed E-state index contributed by atoms with van der Waals surface area (Å²) < 4.78 is 1.70. The summed E-state index contributed by atoms with van der Waals surface area (Å²) >= 11 is 5.23. The SMILES string of the molecule is Cc1cccc(N2C(=O)/C(=C\c3cccn3-c3cccc(C(=O)O)c3)C(=O)NC2=S)c1. The molecular formula is C23H17N3O4S. The molecule has 0 saturated carbocycles. The molecule has 2 N–H and O–H groups in total. The molecule has 2 amide bonds. The van der Waals surface area contributed by atoms with Crippen LogP contribution in [-0.2, 0) is 9.59 Å². The Morgan fingerprint density at radius 3 is 2.52 bits per heavy atom. The van der Waals surface area contributed by atoms with Gasteiger partial charge < -0.3 is 9.67 Å². The van der Waals surface area contributed by atoms with Crippen LogP contribution in [0.5, 0.6) is 0 Å². The highest BCUT2D eigenvalue weighted by molar-refractivity contribution is 7.80. The Morgan fingerprint density at radius 2 is 1.77 bits per heavy atom. The molecule has 1 fully saturated rings. The number of hydrogen-bond acceptors (Lipinski definition) is 4. The van der Waals surface area contributed by atoms with Gasteiger partial charge in [-0.1, -0.05) is 18.2 Å². The van der Waals surface area contributed by atoms with Crippen molar-refractivity contribution < 1.29 is 19.5 Å². The Morgan fingerprint density at radius 1 is 1.03 bits per heavy atom. The molecule has 1 aromatic heterocycles. The molecule has 3 aromatic rings. The molecule has 0 unspecified atom stereocenters. The number of carboxylic acids is 1. The minimum atomic E-state index is -1.04. The van der Waals surface area contributed by atoms with Crippen LogP contribution in [0, 0.1) is 6.92 Å². The van der Waals surface area contributed by atoms with E-state index in [1.807, 2.05) is 13.0 Å². The van der Waals surface area contributed by atoms with Gasteiger partial charge in [0.15, 0.2) is 5.11 Å². The quantitative estimate of drug-likeness (QED) is 0.376. The average Bonchev–Trinajstić information content (AvgIpc) is 3.19. The van der Waals surface area contributed by atoms with Crippen molar-refractivity contribution in [1.82, 2.24) is 9.88 Å². The molecule has 31 heavy (non-hydrogen) atoms. The monoisotopic (exact) mass is 431 g/mol. The first-order chi connectivity index (χ1) is 14.8. The number of aromatic carboxylic acids is 1. The highest BCUT2D eigenvalue weighted by atomic mass is 32.1. The second-order valence-electron chi connectivity index (χ2n) is 6.96. The molecule has 1 aliphatic heterocycles. The lowest BCUT2D eigenvalue weighted by Gasteiger charge is -2.29. The third-order valence-corrected chi connectivity index (χ3v) is 5.09. The Balaban J connectivity index is 1.75. The zero-order valence-corrected chi connectivity index (χ0v) is 17.2. The normalized spacial score (nSPS) is 15.3. The third-order valence-electron chi connectivity index (χ3n) is 4.81. The van der Waals surface area contributed by atoms with E-state index in [9.17, 15) is 19.5 Å². The van der Waals surface area contributed by atoms with Gasteiger partial charge in [-0.2, -0.15) is 0 Å². The van der Waals surface area contributed by atoms with Crippen molar-refractivity contribution in [2.45, 2.75) is 6.92 Å². The molecule has 0 bridgehead atoms. The lowest BCUT2D eigenvalue weighted by Crippen LogP contribution is -2.54. The fraction of sp³-hybridized carbons (Fsp3) is 0.0435. The van der Waals surface area contributed by atoms with Crippen LogP contribution < -0.4 is 10.2 Å². The summed E-state index contributed by atoms with van der Waals surface area (Å²) in [5.41, 5.74) is 2.69. The first kappa shape index (κ1) is 20.2. The summed E-state index contributed by atoms with van der Waals surface area (Å²) in [4.78, 5) is 38.4. The predicted octanol–water partition coefficient (Wildman–Crippen LogP) is 3.32. The number of aromatic nitrogens is 1. The molecule has 1 saturated heterocycles. The van der Waals surface area contributed by atoms with Crippen molar-refractivity contribution in [3.05, 3.63) is 89.3 Å². The highest BCUT2D eigenvalue weighted by Gasteiger charge is 2.34. The van der Waals surface area contributed by atoms with E-state index in [1.165, 1.54) is 23.1 Å². The Labute approximate surface area is 183 Å². The van der Waals surface area contributed by atoms with E-state index in [-0.39, 0.29) is 16.2 Å². The summed E-state index contributed by atoms with van der Waals surface area (Å²) in [5, 5.41) is 11.8. The number of anilines is 1. The summed E-state index contributed by atoms with van der Waals surface area (Å²) in [5.74, 6) is -2.17. The molecule has 0 aliphatic carbocycles. The highest BCUT2D eigenvalue weighted by Crippen LogP contribution is 2.24. The van der Waals surface area contributed by atoms with Crippen molar-refractivity contribution in [3.63, 3.8) is 0 Å². The predicted molar refractivity (Wildman–Crippen MR) is 120 cm³/mol. The Bertz CT molecular complexity index is 1280. The summed E-state index contributed by atoms with van der Waals surface area (Å²) in [6.45, 7) is 1.90. The largest absolute Gasteiger partial charge is 0.478 e. The second kappa shape index (κ2) is 8.00. The van der Waals surface area contributed by atoms with E-state index in [2.05, 4.69) is 5.32 Å². The maximum atomic E-state index is 13.2. The maximum absolute atomic E-state index is 13.2. The second-order valence-corrected chi connectivity index (χ2v) is 7.34. The molecule has 0 atom stereocenters. The van der Waals surface area contributed by atoms with E-state index in [0.29, 0.717) is 17.1 Å². The number of hydrogen-bond donors (Lipinski definition) is 2. The van der Waals surface area contributed by atoms with Gasteiger partial charge in [0.1, 0.15) is 5.57 Å². The van der Waals surface area contributed by atoms with Crippen LogP contribution in [0.3, 0.4) is 0 Å². The molecule has 2 heterocycles. The molecule has 4 rings (SSSR count). The van der Waals surface area contributed by atoms with Crippen LogP contribution in [0.2, 0.25) is 0 Å². The number of nitrogens with zero attached hydrogens (tertiary/aromatic N) is 2. The molecule has 154 valence electrons. The minimum absolute atomic E-state index is 0.0160. The molecule has 8 heteroatoms. The average molecular weight is 431 g/mol. The van der Waals surface area contributed by atoms with Crippen molar-refractivity contribution in [1.29, 1.82) is 0 Å². The number of benzene rings is 2. The van der Waals surface area contributed by atoms with Gasteiger partial charge in [0, 0.05) is 17.6 Å². The first-order valence-corrected chi connectivity index (χ1v) is 9.75.